The topological polar surface area (TPSA) is 12.9 Å². The summed E-state index contributed by atoms with van der Waals surface area (Å²) in [5, 5.41) is 1.37. The normalized spacial score (nSPS) is 9.64. The van der Waals surface area contributed by atoms with Gasteiger partial charge in [-0.25, -0.2) is 0 Å². The molecular weight excluding hydrogens is 149 g/mol. The third kappa shape index (κ3) is 3.55. The summed E-state index contributed by atoms with van der Waals surface area (Å²) in [7, 11) is 0. The molecule has 0 aliphatic carbocycles. The quantitative estimate of drug-likeness (QED) is 0.623. The number of aryl methyl sites for hydroxylation is 1. The fourth-order valence-electron chi connectivity index (χ4n) is 0.983. The highest BCUT2D eigenvalue weighted by atomic mass is 27.2. The van der Waals surface area contributed by atoms with E-state index in [-0.39, 0.29) is 14.1 Å². The SMILES string of the molecule is [CH3][Al]([CH3])[CH2]Cc1ccccn1. The summed E-state index contributed by atoms with van der Waals surface area (Å²) in [4.78, 5) is 4.27. The Balaban J connectivity index is 2.39. The second kappa shape index (κ2) is 4.54. The summed E-state index contributed by atoms with van der Waals surface area (Å²) < 4.78 is 0. The van der Waals surface area contributed by atoms with Crippen molar-refractivity contribution in [1.29, 1.82) is 0 Å². The van der Waals surface area contributed by atoms with Gasteiger partial charge in [0.05, 0.1) is 0 Å². The van der Waals surface area contributed by atoms with Gasteiger partial charge in [0.2, 0.25) is 0 Å². The monoisotopic (exact) mass is 163 g/mol. The van der Waals surface area contributed by atoms with Crippen molar-refractivity contribution in [1.82, 2.24) is 4.98 Å². The van der Waals surface area contributed by atoms with Gasteiger partial charge in [-0.1, -0.05) is 11.3 Å². The van der Waals surface area contributed by atoms with E-state index in [1.807, 2.05) is 12.3 Å². The van der Waals surface area contributed by atoms with Crippen molar-refractivity contribution >= 4 is 14.1 Å². The maximum absolute atomic E-state index is 4.27. The third-order valence-corrected chi connectivity index (χ3v) is 3.15. The maximum Gasteiger partial charge on any atom is 0.255 e. The summed E-state index contributed by atoms with van der Waals surface area (Å²) in [6, 6.07) is 6.14. The second-order valence-electron chi connectivity index (χ2n) is 3.25. The predicted octanol–water partition coefficient (Wildman–Crippen LogP) is 2.38. The largest absolute Gasteiger partial charge is 0.261 e. The first kappa shape index (κ1) is 8.78. The lowest BCUT2D eigenvalue weighted by atomic mass is 10.3. The smallest absolute Gasteiger partial charge is 0.255 e. The molecule has 0 aliphatic rings. The van der Waals surface area contributed by atoms with Crippen LogP contribution in [0.15, 0.2) is 24.4 Å². The van der Waals surface area contributed by atoms with Crippen molar-refractivity contribution in [2.45, 2.75) is 23.3 Å². The van der Waals surface area contributed by atoms with Crippen molar-refractivity contribution in [2.24, 2.45) is 0 Å². The Labute approximate surface area is 72.9 Å². The minimum atomic E-state index is -0.380. The van der Waals surface area contributed by atoms with Gasteiger partial charge < -0.3 is 0 Å². The van der Waals surface area contributed by atoms with Crippen LogP contribution in [0, 0.1) is 0 Å². The molecule has 0 saturated heterocycles. The van der Waals surface area contributed by atoms with E-state index in [9.17, 15) is 0 Å². The van der Waals surface area contributed by atoms with E-state index >= 15 is 0 Å². The lowest BCUT2D eigenvalue weighted by Gasteiger charge is -1.98. The fraction of sp³-hybridized carbons (Fsp3) is 0.444. The van der Waals surface area contributed by atoms with Crippen molar-refractivity contribution < 1.29 is 0 Å². The zero-order valence-corrected chi connectivity index (χ0v) is 8.40. The van der Waals surface area contributed by atoms with Gasteiger partial charge in [0.1, 0.15) is 0 Å². The highest BCUT2D eigenvalue weighted by Crippen LogP contribution is 2.01. The van der Waals surface area contributed by atoms with Gasteiger partial charge in [0.15, 0.2) is 0 Å². The van der Waals surface area contributed by atoms with Gasteiger partial charge in [0, 0.05) is 11.9 Å². The van der Waals surface area contributed by atoms with Gasteiger partial charge in [-0.05, 0) is 18.6 Å². The molecule has 0 radical (unpaired) electrons. The standard InChI is InChI=1S/C7H8N.2CH3.Al/c1-2-7-5-3-4-6-8-7;;;/h3-6H,1-2H2;2*1H3;. The van der Waals surface area contributed by atoms with Crippen molar-refractivity contribution in [3.05, 3.63) is 30.1 Å². The molecule has 1 heterocycles. The van der Waals surface area contributed by atoms with Crippen LogP contribution in [0.25, 0.3) is 0 Å². The molecule has 58 valence electrons. The molecule has 0 atom stereocenters. The summed E-state index contributed by atoms with van der Waals surface area (Å²) in [5.41, 5.74) is 1.24. The van der Waals surface area contributed by atoms with Crippen LogP contribution in [0.3, 0.4) is 0 Å². The molecule has 0 unspecified atom stereocenters. The molecule has 0 aromatic carbocycles. The Morgan fingerprint density at radius 3 is 2.73 bits per heavy atom. The van der Waals surface area contributed by atoms with Crippen LogP contribution in [0.2, 0.25) is 16.9 Å². The molecule has 0 aliphatic heterocycles. The van der Waals surface area contributed by atoms with E-state index in [0.29, 0.717) is 0 Å². The molecule has 1 aromatic heterocycles. The predicted molar refractivity (Wildman–Crippen MR) is 50.2 cm³/mol. The van der Waals surface area contributed by atoms with E-state index in [1.54, 1.807) is 0 Å². The highest BCUT2D eigenvalue weighted by molar-refractivity contribution is 6.55. The molecular formula is C9H14AlN. The molecule has 0 amide bonds. The average Bonchev–Trinajstić information content (AvgIpc) is 2.03. The van der Waals surface area contributed by atoms with E-state index < -0.39 is 0 Å². The zero-order chi connectivity index (χ0) is 8.10. The first-order chi connectivity index (χ1) is 5.29. The van der Waals surface area contributed by atoms with Crippen LogP contribution < -0.4 is 0 Å². The molecule has 0 saturated carbocycles. The second-order valence-corrected chi connectivity index (χ2v) is 6.62. The Morgan fingerprint density at radius 2 is 2.18 bits per heavy atom. The van der Waals surface area contributed by atoms with Crippen molar-refractivity contribution in [3.63, 3.8) is 0 Å². The molecule has 0 bridgehead atoms. The van der Waals surface area contributed by atoms with Crippen LogP contribution >= 0.6 is 0 Å². The van der Waals surface area contributed by atoms with E-state index in [4.69, 9.17) is 0 Å². The molecule has 1 rings (SSSR count). The Morgan fingerprint density at radius 1 is 1.36 bits per heavy atom. The molecule has 0 spiro atoms. The summed E-state index contributed by atoms with van der Waals surface area (Å²) in [5.74, 6) is 4.76. The lowest BCUT2D eigenvalue weighted by Crippen LogP contribution is -2.01. The fourth-order valence-corrected chi connectivity index (χ4v) is 1.86. The summed E-state index contributed by atoms with van der Waals surface area (Å²) in [6.07, 6.45) is 3.04. The first-order valence-corrected chi connectivity index (χ1v) is 7.31. The minimum absolute atomic E-state index is 0.380. The van der Waals surface area contributed by atoms with Gasteiger partial charge in [-0.15, -0.1) is 11.6 Å². The van der Waals surface area contributed by atoms with Crippen LogP contribution in [0.5, 0.6) is 0 Å². The van der Waals surface area contributed by atoms with Crippen molar-refractivity contribution in [3.8, 4) is 0 Å². The Hall–Kier alpha value is -0.318. The number of nitrogens with zero attached hydrogens (tertiary/aromatic N) is 1. The third-order valence-electron chi connectivity index (χ3n) is 1.70. The molecule has 2 heteroatoms. The first-order valence-electron chi connectivity index (χ1n) is 4.19. The van der Waals surface area contributed by atoms with Crippen LogP contribution in [-0.4, -0.2) is 19.1 Å². The van der Waals surface area contributed by atoms with E-state index in [1.165, 1.54) is 17.4 Å². The zero-order valence-electron chi connectivity index (χ0n) is 7.25. The Kier molecular flexibility index (Phi) is 3.62. The molecule has 1 aromatic rings. The summed E-state index contributed by atoms with van der Waals surface area (Å²) in [6.45, 7) is 0. The Bertz CT molecular complexity index is 196. The maximum atomic E-state index is 4.27. The molecule has 1 nitrogen and oxygen atoms in total. The molecule has 0 fully saturated rings. The molecule has 11 heavy (non-hydrogen) atoms. The summed E-state index contributed by atoms with van der Waals surface area (Å²) >= 11 is -0.380. The van der Waals surface area contributed by atoms with Gasteiger partial charge in [0.25, 0.3) is 14.1 Å². The van der Waals surface area contributed by atoms with Crippen LogP contribution in [-0.2, 0) is 6.42 Å². The van der Waals surface area contributed by atoms with Crippen LogP contribution in [0.1, 0.15) is 5.69 Å². The molecule has 0 N–H and O–H groups in total. The minimum Gasteiger partial charge on any atom is -0.261 e. The van der Waals surface area contributed by atoms with Crippen molar-refractivity contribution in [2.75, 3.05) is 0 Å². The number of hydrogen-bond acceptors (Lipinski definition) is 1. The van der Waals surface area contributed by atoms with Gasteiger partial charge >= 0.3 is 0 Å². The van der Waals surface area contributed by atoms with E-state index in [2.05, 4.69) is 28.7 Å². The number of pyridine rings is 1. The lowest BCUT2D eigenvalue weighted by molar-refractivity contribution is 1.02. The number of rotatable bonds is 3. The van der Waals surface area contributed by atoms with Gasteiger partial charge in [-0.2, -0.15) is 0 Å². The highest BCUT2D eigenvalue weighted by Gasteiger charge is 2.01. The van der Waals surface area contributed by atoms with Crippen LogP contribution in [0.4, 0.5) is 0 Å². The van der Waals surface area contributed by atoms with Gasteiger partial charge in [-0.3, -0.25) is 4.98 Å². The number of aromatic nitrogens is 1. The number of hydrogen-bond donors (Lipinski definition) is 0. The van der Waals surface area contributed by atoms with E-state index in [0.717, 1.165) is 0 Å². The average molecular weight is 163 g/mol.